The molecule has 2 aromatic carbocycles. The van der Waals surface area contributed by atoms with Gasteiger partial charge in [-0.2, -0.15) is 13.2 Å². The summed E-state index contributed by atoms with van der Waals surface area (Å²) in [4.78, 5) is 45.8. The van der Waals surface area contributed by atoms with Crippen molar-refractivity contribution in [3.63, 3.8) is 0 Å². The standard InChI is InChI=1S/C29H31F4N9O4/c1-35-27(44)37-17-10-8-16(9-11-17)36-21(15-40(2)3)24-25(34)41(14-18-19(29(31,32)33)6-5-7-20(18)30)28(45)42(26(24)43)22-12-13-23(46-4)39-38-22/h5-13,38-39H,14-15,34H2,1-4H3,(H2,35,37,44). The van der Waals surface area contributed by atoms with Gasteiger partial charge in [0.2, 0.25) is 5.88 Å². The van der Waals surface area contributed by atoms with Crippen LogP contribution in [0.4, 0.5) is 39.5 Å². The number of aliphatic imine (C=N–C) groups is 1. The molecule has 0 saturated carbocycles. The number of methoxy groups -OCH3 is 1. The van der Waals surface area contributed by atoms with Crippen LogP contribution in [0.5, 0.6) is 0 Å². The average Bonchev–Trinajstić information content (AvgIpc) is 3.00. The highest BCUT2D eigenvalue weighted by molar-refractivity contribution is 6.06. The predicted octanol–water partition coefficient (Wildman–Crippen LogP) is 2.63. The van der Waals surface area contributed by atoms with Crippen molar-refractivity contribution in [2.24, 2.45) is 4.99 Å². The topological polar surface area (TPSA) is 160 Å². The summed E-state index contributed by atoms with van der Waals surface area (Å²) < 4.78 is 63.1. The number of ether oxygens (including phenoxy) is 1. The number of halogens is 4. The van der Waals surface area contributed by atoms with Crippen molar-refractivity contribution in [3.8, 4) is 0 Å². The van der Waals surface area contributed by atoms with E-state index in [2.05, 4.69) is 26.5 Å². The van der Waals surface area contributed by atoms with Gasteiger partial charge in [0.05, 0.1) is 30.6 Å². The number of nitrogens with one attached hydrogen (secondary N) is 4. The van der Waals surface area contributed by atoms with Gasteiger partial charge in [0, 0.05) is 30.9 Å². The maximum Gasteiger partial charge on any atom is 0.416 e. The molecule has 6 N–H and O–H groups in total. The highest BCUT2D eigenvalue weighted by Crippen LogP contribution is 2.33. The van der Waals surface area contributed by atoms with Crippen LogP contribution in [-0.2, 0) is 17.5 Å². The van der Waals surface area contributed by atoms with Gasteiger partial charge in [-0.1, -0.05) is 6.07 Å². The fourth-order valence-electron chi connectivity index (χ4n) is 4.50. The number of anilines is 2. The number of carbonyl (C=O) groups is 1. The Kier molecular flexibility index (Phi) is 9.85. The van der Waals surface area contributed by atoms with Crippen LogP contribution in [-0.4, -0.2) is 60.6 Å². The van der Waals surface area contributed by atoms with Crippen LogP contribution >= 0.6 is 0 Å². The number of hydrogen-bond acceptors (Lipinski definition) is 9. The molecule has 0 fully saturated rings. The lowest BCUT2D eigenvalue weighted by Crippen LogP contribution is -2.49. The molecule has 0 radical (unpaired) electrons. The van der Waals surface area contributed by atoms with Crippen LogP contribution in [0.2, 0.25) is 0 Å². The van der Waals surface area contributed by atoms with Crippen LogP contribution in [0, 0.1) is 5.82 Å². The number of hydrazine groups is 1. The number of carbonyl (C=O) groups excluding carboxylic acids is 1. The zero-order valence-electron chi connectivity index (χ0n) is 25.1. The summed E-state index contributed by atoms with van der Waals surface area (Å²) in [5, 5.41) is 5.02. The molecule has 46 heavy (non-hydrogen) atoms. The first-order valence-electron chi connectivity index (χ1n) is 13.5. The SMILES string of the molecule is CNC(=O)Nc1ccc(N=C(CN(C)C)c2c(N)n(Cc3c(F)cccc3C(F)(F)F)c(=O)n(C3=CC=C(OC)NN3)c2=O)cc1. The average molecular weight is 646 g/mol. The van der Waals surface area contributed by atoms with E-state index in [1.54, 1.807) is 43.3 Å². The molecular formula is C29H31F4N9O4. The Morgan fingerprint density at radius 3 is 2.35 bits per heavy atom. The maximum absolute atomic E-state index is 15.0. The third-order valence-electron chi connectivity index (χ3n) is 6.66. The molecule has 0 saturated heterocycles. The molecule has 4 rings (SSSR count). The number of nitrogens with two attached hydrogens (primary N) is 1. The number of allylic oxidation sites excluding steroid dienone is 2. The Hall–Kier alpha value is -5.58. The molecule has 1 aromatic heterocycles. The van der Waals surface area contributed by atoms with E-state index >= 15 is 0 Å². The van der Waals surface area contributed by atoms with E-state index in [1.807, 2.05) is 0 Å². The molecule has 2 heterocycles. The Morgan fingerprint density at radius 2 is 1.78 bits per heavy atom. The van der Waals surface area contributed by atoms with Gasteiger partial charge in [-0.25, -0.2) is 18.5 Å². The van der Waals surface area contributed by atoms with Gasteiger partial charge in [0.25, 0.3) is 5.56 Å². The summed E-state index contributed by atoms with van der Waals surface area (Å²) in [5.41, 5.74) is 7.93. The second kappa shape index (κ2) is 13.6. The summed E-state index contributed by atoms with van der Waals surface area (Å²) in [6.45, 7) is -0.976. The fourth-order valence-corrected chi connectivity index (χ4v) is 4.50. The van der Waals surface area contributed by atoms with Crippen molar-refractivity contribution < 1.29 is 27.1 Å². The van der Waals surface area contributed by atoms with E-state index in [0.29, 0.717) is 26.6 Å². The molecule has 2 amide bonds. The molecule has 3 aromatic rings. The normalized spacial score (nSPS) is 13.4. The molecule has 244 valence electrons. The van der Waals surface area contributed by atoms with Crippen molar-refractivity contribution in [2.45, 2.75) is 12.7 Å². The van der Waals surface area contributed by atoms with Crippen LogP contribution in [0.1, 0.15) is 16.7 Å². The van der Waals surface area contributed by atoms with E-state index < -0.39 is 52.8 Å². The Morgan fingerprint density at radius 1 is 1.09 bits per heavy atom. The number of nitrogens with zero attached hydrogens (tertiary/aromatic N) is 4. The highest BCUT2D eigenvalue weighted by atomic mass is 19.4. The van der Waals surface area contributed by atoms with E-state index in [-0.39, 0.29) is 29.5 Å². The summed E-state index contributed by atoms with van der Waals surface area (Å²) in [6, 6.07) is 8.18. The van der Waals surface area contributed by atoms with E-state index in [9.17, 15) is 31.9 Å². The molecule has 0 bridgehead atoms. The fraction of sp³-hybridized carbons (Fsp3) is 0.241. The van der Waals surface area contributed by atoms with E-state index in [1.165, 1.54) is 26.3 Å². The monoisotopic (exact) mass is 645 g/mol. The number of urea groups is 1. The number of amides is 2. The molecule has 13 nitrogen and oxygen atoms in total. The van der Waals surface area contributed by atoms with Crippen molar-refractivity contribution in [1.82, 2.24) is 30.2 Å². The second-order valence-electron chi connectivity index (χ2n) is 10.1. The minimum Gasteiger partial charge on any atom is -0.481 e. The van der Waals surface area contributed by atoms with Gasteiger partial charge in [-0.3, -0.25) is 25.2 Å². The molecule has 0 aliphatic carbocycles. The second-order valence-corrected chi connectivity index (χ2v) is 10.1. The molecular weight excluding hydrogens is 614 g/mol. The minimum absolute atomic E-state index is 0.0121. The number of aromatic nitrogens is 2. The summed E-state index contributed by atoms with van der Waals surface area (Å²) in [7, 11) is 6.18. The number of rotatable bonds is 9. The molecule has 0 atom stereocenters. The van der Waals surface area contributed by atoms with Crippen LogP contribution in [0.15, 0.2) is 75.1 Å². The lowest BCUT2D eigenvalue weighted by molar-refractivity contribution is -0.138. The third kappa shape index (κ3) is 7.20. The van der Waals surface area contributed by atoms with Crippen LogP contribution < -0.4 is 38.5 Å². The van der Waals surface area contributed by atoms with Crippen LogP contribution in [0.25, 0.3) is 5.82 Å². The van der Waals surface area contributed by atoms with Gasteiger partial charge in [0.15, 0.2) is 0 Å². The van der Waals surface area contributed by atoms with Crippen molar-refractivity contribution in [1.29, 1.82) is 0 Å². The first kappa shape index (κ1) is 33.3. The first-order valence-corrected chi connectivity index (χ1v) is 13.5. The number of nitrogen functional groups attached to an aromatic ring is 1. The first-order chi connectivity index (χ1) is 21.7. The smallest absolute Gasteiger partial charge is 0.416 e. The zero-order chi connectivity index (χ0) is 33.8. The lowest BCUT2D eigenvalue weighted by atomic mass is 10.1. The molecule has 0 spiro atoms. The van der Waals surface area contributed by atoms with Crippen LogP contribution in [0.3, 0.4) is 0 Å². The zero-order valence-corrected chi connectivity index (χ0v) is 25.1. The molecule has 1 aliphatic heterocycles. The van der Waals surface area contributed by atoms with E-state index in [4.69, 9.17) is 10.5 Å². The summed E-state index contributed by atoms with van der Waals surface area (Å²) in [6.07, 6.45) is -2.23. The minimum atomic E-state index is -4.96. The molecule has 1 aliphatic rings. The molecule has 0 unspecified atom stereocenters. The van der Waals surface area contributed by atoms with Gasteiger partial charge < -0.3 is 26.0 Å². The highest BCUT2D eigenvalue weighted by Gasteiger charge is 2.35. The van der Waals surface area contributed by atoms with Crippen molar-refractivity contribution >= 4 is 34.8 Å². The number of hydrogen-bond donors (Lipinski definition) is 5. The number of likely N-dealkylation sites (N-methyl/N-ethyl adjacent to an activating group) is 1. The Labute approximate surface area is 259 Å². The summed E-state index contributed by atoms with van der Waals surface area (Å²) >= 11 is 0. The predicted molar refractivity (Wildman–Crippen MR) is 165 cm³/mol. The third-order valence-corrected chi connectivity index (χ3v) is 6.66. The number of benzene rings is 2. The maximum atomic E-state index is 15.0. The van der Waals surface area contributed by atoms with Gasteiger partial charge >= 0.3 is 17.9 Å². The van der Waals surface area contributed by atoms with Gasteiger partial charge in [-0.05, 0) is 56.6 Å². The quantitative estimate of drug-likeness (QED) is 0.176. The van der Waals surface area contributed by atoms with E-state index in [0.717, 1.165) is 12.1 Å². The van der Waals surface area contributed by atoms with Gasteiger partial charge in [-0.15, -0.1) is 0 Å². The van der Waals surface area contributed by atoms with Crippen molar-refractivity contribution in [3.05, 3.63) is 104 Å². The van der Waals surface area contributed by atoms with Crippen molar-refractivity contribution in [2.75, 3.05) is 45.8 Å². The summed E-state index contributed by atoms with van der Waals surface area (Å²) in [5.74, 6) is -1.64. The van der Waals surface area contributed by atoms with Gasteiger partial charge in [0.1, 0.15) is 23.0 Å². The number of alkyl halides is 3. The largest absolute Gasteiger partial charge is 0.481 e. The lowest BCUT2D eigenvalue weighted by Gasteiger charge is -2.23. The molecule has 17 heteroatoms. The Balaban J connectivity index is 2.00. The Bertz CT molecular complexity index is 1840.